The fourth-order valence-electron chi connectivity index (χ4n) is 4.01. The van der Waals surface area contributed by atoms with Crippen LogP contribution in [-0.2, 0) is 7.05 Å². The lowest BCUT2D eigenvalue weighted by Crippen LogP contribution is -2.34. The average molecular weight is 435 g/mol. The lowest BCUT2D eigenvalue weighted by molar-refractivity contribution is 0.125. The van der Waals surface area contributed by atoms with Crippen LogP contribution in [0.25, 0.3) is 11.1 Å². The third-order valence-corrected chi connectivity index (χ3v) is 5.99. The first kappa shape index (κ1) is 23.3. The first-order chi connectivity index (χ1) is 15.4. The summed E-state index contributed by atoms with van der Waals surface area (Å²) in [5, 5.41) is 19.3. The van der Waals surface area contributed by atoms with Crippen LogP contribution in [0.15, 0.2) is 77.7 Å². The van der Waals surface area contributed by atoms with Crippen LogP contribution >= 0.6 is 0 Å². The molecule has 0 bridgehead atoms. The zero-order valence-corrected chi connectivity index (χ0v) is 18.5. The third kappa shape index (κ3) is 5.65. The van der Waals surface area contributed by atoms with Gasteiger partial charge >= 0.3 is 6.09 Å². The van der Waals surface area contributed by atoms with Crippen LogP contribution in [0, 0.1) is 0 Å². The molecule has 1 amide bonds. The number of nitrogens with zero attached hydrogens (tertiary/aromatic N) is 2. The van der Waals surface area contributed by atoms with Crippen molar-refractivity contribution in [2.24, 2.45) is 7.05 Å². The van der Waals surface area contributed by atoms with Crippen molar-refractivity contribution in [1.82, 2.24) is 9.47 Å². The summed E-state index contributed by atoms with van der Waals surface area (Å²) in [6.45, 7) is 2.33. The minimum atomic E-state index is -0.963. The molecule has 3 rings (SSSR count). The molecule has 32 heavy (non-hydrogen) atoms. The summed E-state index contributed by atoms with van der Waals surface area (Å²) >= 11 is 0. The smallest absolute Gasteiger partial charge is 0.407 e. The second-order valence-electron chi connectivity index (χ2n) is 8.05. The molecule has 0 aliphatic rings. The molecule has 0 aliphatic heterocycles. The summed E-state index contributed by atoms with van der Waals surface area (Å²) in [6.07, 6.45) is 2.06. The standard InChI is InChI=1S/C26H30N2O4/c1-19(20-8-10-22(11-9-20)24-12-13-25(30)27(2)18-24)28(26(31)32)16-14-23(15-17-29)21-6-4-3-5-7-21/h3-13,18-19,23,29H,14-17H2,1-2H3,(H,31,32)/t19-,23+/m0/s1. The summed E-state index contributed by atoms with van der Waals surface area (Å²) in [7, 11) is 1.71. The predicted octanol–water partition coefficient (Wildman–Crippen LogP) is 4.65. The number of benzene rings is 2. The van der Waals surface area contributed by atoms with Gasteiger partial charge in [0, 0.05) is 32.5 Å². The van der Waals surface area contributed by atoms with E-state index in [4.69, 9.17) is 0 Å². The predicted molar refractivity (Wildman–Crippen MR) is 126 cm³/mol. The Morgan fingerprint density at radius 2 is 1.59 bits per heavy atom. The molecule has 0 saturated carbocycles. The molecular weight excluding hydrogens is 404 g/mol. The lowest BCUT2D eigenvalue weighted by atomic mass is 9.92. The van der Waals surface area contributed by atoms with Crippen molar-refractivity contribution in [2.45, 2.75) is 31.7 Å². The second kappa shape index (κ2) is 10.8. The number of rotatable bonds is 9. The van der Waals surface area contributed by atoms with E-state index in [0.29, 0.717) is 19.4 Å². The van der Waals surface area contributed by atoms with Crippen LogP contribution < -0.4 is 5.56 Å². The van der Waals surface area contributed by atoms with Crippen molar-refractivity contribution >= 4 is 6.09 Å². The fraction of sp³-hybridized carbons (Fsp3) is 0.308. The van der Waals surface area contributed by atoms with Gasteiger partial charge in [0.1, 0.15) is 0 Å². The van der Waals surface area contributed by atoms with E-state index in [-0.39, 0.29) is 24.1 Å². The highest BCUT2D eigenvalue weighted by atomic mass is 16.4. The van der Waals surface area contributed by atoms with Crippen LogP contribution in [0.2, 0.25) is 0 Å². The van der Waals surface area contributed by atoms with Gasteiger partial charge in [0.25, 0.3) is 0 Å². The van der Waals surface area contributed by atoms with Crippen molar-refractivity contribution in [3.8, 4) is 11.1 Å². The Morgan fingerprint density at radius 1 is 0.938 bits per heavy atom. The molecule has 0 fully saturated rings. The van der Waals surface area contributed by atoms with Crippen LogP contribution in [0.4, 0.5) is 4.79 Å². The molecule has 0 unspecified atom stereocenters. The Kier molecular flexibility index (Phi) is 7.84. The maximum atomic E-state index is 12.0. The number of pyridine rings is 1. The normalized spacial score (nSPS) is 12.8. The molecule has 1 aromatic heterocycles. The van der Waals surface area contributed by atoms with Crippen LogP contribution in [0.1, 0.15) is 42.9 Å². The van der Waals surface area contributed by atoms with E-state index in [1.54, 1.807) is 19.3 Å². The maximum absolute atomic E-state index is 12.0. The van der Waals surface area contributed by atoms with Gasteiger partial charge in [-0.05, 0) is 54.0 Å². The molecule has 0 radical (unpaired) electrons. The number of amides is 1. The number of carbonyl (C=O) groups is 1. The van der Waals surface area contributed by atoms with Gasteiger partial charge in [-0.3, -0.25) is 4.79 Å². The molecule has 2 aromatic carbocycles. The number of hydrogen-bond donors (Lipinski definition) is 2. The molecule has 0 aliphatic carbocycles. The molecule has 6 heteroatoms. The number of aliphatic hydroxyl groups is 1. The Labute approximate surface area is 188 Å². The summed E-state index contributed by atoms with van der Waals surface area (Å²) in [4.78, 5) is 25.1. The summed E-state index contributed by atoms with van der Waals surface area (Å²) in [5.41, 5.74) is 3.84. The average Bonchev–Trinajstić information content (AvgIpc) is 2.80. The number of aromatic nitrogens is 1. The first-order valence-electron chi connectivity index (χ1n) is 10.8. The summed E-state index contributed by atoms with van der Waals surface area (Å²) in [6, 6.07) is 20.7. The summed E-state index contributed by atoms with van der Waals surface area (Å²) in [5.74, 6) is 0.0994. The van der Waals surface area contributed by atoms with Gasteiger partial charge in [-0.15, -0.1) is 0 Å². The number of aliphatic hydroxyl groups excluding tert-OH is 1. The Morgan fingerprint density at radius 3 is 2.19 bits per heavy atom. The highest BCUT2D eigenvalue weighted by molar-refractivity contribution is 5.66. The molecule has 0 spiro atoms. The van der Waals surface area contributed by atoms with Gasteiger partial charge in [-0.2, -0.15) is 0 Å². The first-order valence-corrected chi connectivity index (χ1v) is 10.8. The van der Waals surface area contributed by atoms with Gasteiger partial charge in [0.05, 0.1) is 6.04 Å². The highest BCUT2D eigenvalue weighted by Crippen LogP contribution is 2.28. The van der Waals surface area contributed by atoms with E-state index in [1.165, 1.54) is 15.5 Å². The Hall–Kier alpha value is -3.38. The van der Waals surface area contributed by atoms with Crippen molar-refractivity contribution < 1.29 is 15.0 Å². The van der Waals surface area contributed by atoms with Gasteiger partial charge < -0.3 is 19.7 Å². The quantitative estimate of drug-likeness (QED) is 0.514. The molecule has 0 saturated heterocycles. The SMILES string of the molecule is C[C@@H](c1ccc(-c2ccc(=O)n(C)c2)cc1)N(CC[C@H](CCO)c1ccccc1)C(=O)O. The monoisotopic (exact) mass is 434 g/mol. The molecule has 3 aromatic rings. The van der Waals surface area contributed by atoms with Gasteiger partial charge in [0.2, 0.25) is 5.56 Å². The second-order valence-corrected chi connectivity index (χ2v) is 8.05. The molecular formula is C26H30N2O4. The van der Waals surface area contributed by atoms with E-state index in [1.807, 2.05) is 61.5 Å². The molecule has 1 heterocycles. The van der Waals surface area contributed by atoms with Crippen LogP contribution in [0.3, 0.4) is 0 Å². The van der Waals surface area contributed by atoms with E-state index in [2.05, 4.69) is 0 Å². The largest absolute Gasteiger partial charge is 0.465 e. The number of hydrogen-bond acceptors (Lipinski definition) is 3. The van der Waals surface area contributed by atoms with Gasteiger partial charge in [-0.25, -0.2) is 4.79 Å². The maximum Gasteiger partial charge on any atom is 0.407 e. The zero-order valence-electron chi connectivity index (χ0n) is 18.5. The van der Waals surface area contributed by atoms with E-state index < -0.39 is 6.09 Å². The van der Waals surface area contributed by atoms with Crippen molar-refractivity contribution in [3.05, 3.63) is 94.4 Å². The number of aryl methyl sites for hydroxylation is 1. The van der Waals surface area contributed by atoms with Crippen LogP contribution in [-0.4, -0.2) is 38.9 Å². The topological polar surface area (TPSA) is 82.8 Å². The zero-order chi connectivity index (χ0) is 23.1. The van der Waals surface area contributed by atoms with E-state index >= 15 is 0 Å². The number of carboxylic acid groups (broad SMARTS) is 1. The van der Waals surface area contributed by atoms with Crippen LogP contribution in [0.5, 0.6) is 0 Å². The Bertz CT molecular complexity index is 1080. The van der Waals surface area contributed by atoms with Gasteiger partial charge in [-0.1, -0.05) is 54.6 Å². The summed E-state index contributed by atoms with van der Waals surface area (Å²) < 4.78 is 1.54. The molecule has 168 valence electrons. The van der Waals surface area contributed by atoms with E-state index in [0.717, 1.165) is 22.3 Å². The lowest BCUT2D eigenvalue weighted by Gasteiger charge is -2.29. The molecule has 2 atom stereocenters. The Balaban J connectivity index is 1.74. The van der Waals surface area contributed by atoms with E-state index in [9.17, 15) is 19.8 Å². The third-order valence-electron chi connectivity index (χ3n) is 5.99. The molecule has 2 N–H and O–H groups in total. The highest BCUT2D eigenvalue weighted by Gasteiger charge is 2.23. The minimum absolute atomic E-state index is 0.0638. The van der Waals surface area contributed by atoms with Crippen molar-refractivity contribution in [3.63, 3.8) is 0 Å². The molecule has 6 nitrogen and oxygen atoms in total. The van der Waals surface area contributed by atoms with Crippen molar-refractivity contribution in [1.29, 1.82) is 0 Å². The van der Waals surface area contributed by atoms with Gasteiger partial charge in [0.15, 0.2) is 0 Å². The van der Waals surface area contributed by atoms with Crippen molar-refractivity contribution in [2.75, 3.05) is 13.2 Å². The fourth-order valence-corrected chi connectivity index (χ4v) is 4.01. The minimum Gasteiger partial charge on any atom is -0.465 e.